The van der Waals surface area contributed by atoms with Crippen LogP contribution in [-0.2, 0) is 4.79 Å². The molecule has 1 aliphatic carbocycles. The maximum atomic E-state index is 14.1. The fourth-order valence-electron chi connectivity index (χ4n) is 5.67. The van der Waals surface area contributed by atoms with Gasteiger partial charge < -0.3 is 19.7 Å². The van der Waals surface area contributed by atoms with Gasteiger partial charge in [0.15, 0.2) is 0 Å². The number of carbonyl (C=O) groups is 2. The summed E-state index contributed by atoms with van der Waals surface area (Å²) in [6.07, 6.45) is 5.26. The van der Waals surface area contributed by atoms with Gasteiger partial charge >= 0.3 is 0 Å². The molecule has 1 heterocycles. The van der Waals surface area contributed by atoms with E-state index in [4.69, 9.17) is 9.47 Å². The van der Waals surface area contributed by atoms with E-state index in [1.807, 2.05) is 71.6 Å². The molecule has 5 rings (SSSR count). The minimum Gasteiger partial charge on any atom is -0.497 e. The molecule has 0 bridgehead atoms. The fourth-order valence-corrected chi connectivity index (χ4v) is 5.67. The van der Waals surface area contributed by atoms with Crippen molar-refractivity contribution in [3.63, 3.8) is 0 Å². The summed E-state index contributed by atoms with van der Waals surface area (Å²) in [6.45, 7) is 0. The quantitative estimate of drug-likeness (QED) is 0.469. The Labute approximate surface area is 212 Å². The third-order valence-electron chi connectivity index (χ3n) is 7.42. The molecule has 3 aromatic rings. The van der Waals surface area contributed by atoms with Gasteiger partial charge in [0.1, 0.15) is 11.5 Å². The van der Waals surface area contributed by atoms with E-state index in [1.165, 1.54) is 6.42 Å². The molecule has 186 valence electrons. The zero-order valence-corrected chi connectivity index (χ0v) is 20.8. The molecule has 2 amide bonds. The van der Waals surface area contributed by atoms with Gasteiger partial charge in [-0.05, 0) is 54.3 Å². The Morgan fingerprint density at radius 2 is 1.58 bits per heavy atom. The summed E-state index contributed by atoms with van der Waals surface area (Å²) in [7, 11) is 3.24. The molecule has 0 spiro atoms. The van der Waals surface area contributed by atoms with Gasteiger partial charge in [-0.1, -0.05) is 55.7 Å². The van der Waals surface area contributed by atoms with Gasteiger partial charge in [0, 0.05) is 23.4 Å². The predicted molar refractivity (Wildman–Crippen MR) is 140 cm³/mol. The lowest BCUT2D eigenvalue weighted by Gasteiger charge is -2.46. The largest absolute Gasteiger partial charge is 0.497 e. The van der Waals surface area contributed by atoms with Gasteiger partial charge in [0.05, 0.1) is 26.2 Å². The van der Waals surface area contributed by atoms with Crippen molar-refractivity contribution in [1.82, 2.24) is 4.90 Å². The van der Waals surface area contributed by atoms with Crippen LogP contribution in [0.5, 0.6) is 11.5 Å². The monoisotopic (exact) mass is 484 g/mol. The number of anilines is 1. The van der Waals surface area contributed by atoms with Gasteiger partial charge in [-0.15, -0.1) is 0 Å². The number of ether oxygens (including phenoxy) is 2. The second kappa shape index (κ2) is 10.4. The van der Waals surface area contributed by atoms with Crippen molar-refractivity contribution in [3.05, 3.63) is 89.5 Å². The molecule has 2 atom stereocenters. The van der Waals surface area contributed by atoms with Crippen LogP contribution in [0.25, 0.3) is 0 Å². The Balaban J connectivity index is 1.62. The lowest BCUT2D eigenvalue weighted by molar-refractivity contribution is -0.119. The number of rotatable bonds is 6. The summed E-state index contributed by atoms with van der Waals surface area (Å²) in [5.74, 6) is 0.694. The van der Waals surface area contributed by atoms with Gasteiger partial charge in [0.2, 0.25) is 5.91 Å². The number of nitrogens with one attached hydrogen (secondary N) is 1. The van der Waals surface area contributed by atoms with Gasteiger partial charge in [-0.25, -0.2) is 0 Å². The average Bonchev–Trinajstić information content (AvgIpc) is 2.93. The number of hydrogen-bond donors (Lipinski definition) is 1. The number of carbonyl (C=O) groups excluding carboxylic acids is 2. The molecule has 0 saturated heterocycles. The molecule has 1 N–H and O–H groups in total. The number of amides is 2. The van der Waals surface area contributed by atoms with Gasteiger partial charge in [-0.3, -0.25) is 9.59 Å². The highest BCUT2D eigenvalue weighted by Gasteiger charge is 2.46. The molecule has 1 saturated carbocycles. The van der Waals surface area contributed by atoms with E-state index >= 15 is 0 Å². The van der Waals surface area contributed by atoms with Crippen molar-refractivity contribution in [2.75, 3.05) is 19.5 Å². The second-order valence-electron chi connectivity index (χ2n) is 9.51. The molecule has 2 aliphatic rings. The van der Waals surface area contributed by atoms with Crippen molar-refractivity contribution >= 4 is 17.5 Å². The third kappa shape index (κ3) is 4.55. The van der Waals surface area contributed by atoms with E-state index in [0.29, 0.717) is 17.0 Å². The molecule has 2 unspecified atom stereocenters. The molecule has 1 aliphatic heterocycles. The first-order valence-corrected chi connectivity index (χ1v) is 12.6. The lowest BCUT2D eigenvalue weighted by Crippen LogP contribution is -2.51. The van der Waals surface area contributed by atoms with E-state index in [9.17, 15) is 9.59 Å². The number of nitrogens with zero attached hydrogens (tertiary/aromatic N) is 1. The first kappa shape index (κ1) is 23.9. The van der Waals surface area contributed by atoms with Crippen molar-refractivity contribution in [3.8, 4) is 11.5 Å². The second-order valence-corrected chi connectivity index (χ2v) is 9.51. The Morgan fingerprint density at radius 1 is 0.861 bits per heavy atom. The average molecular weight is 485 g/mol. The topological polar surface area (TPSA) is 67.9 Å². The zero-order valence-electron chi connectivity index (χ0n) is 20.8. The van der Waals surface area contributed by atoms with E-state index in [0.717, 1.165) is 42.6 Å². The minimum atomic E-state index is -0.569. The Hall–Kier alpha value is -3.80. The van der Waals surface area contributed by atoms with E-state index < -0.39 is 12.0 Å². The molecule has 3 aromatic carbocycles. The van der Waals surface area contributed by atoms with E-state index in [2.05, 4.69) is 5.32 Å². The molecule has 0 radical (unpaired) electrons. The van der Waals surface area contributed by atoms with Crippen molar-refractivity contribution < 1.29 is 19.1 Å². The first-order valence-electron chi connectivity index (χ1n) is 12.6. The fraction of sp³-hybridized carbons (Fsp3) is 0.333. The summed E-state index contributed by atoms with van der Waals surface area (Å²) in [4.78, 5) is 30.0. The Bertz CT molecular complexity index is 1230. The van der Waals surface area contributed by atoms with Gasteiger partial charge in [0.25, 0.3) is 5.91 Å². The van der Waals surface area contributed by atoms with E-state index in [1.54, 1.807) is 20.3 Å². The van der Waals surface area contributed by atoms with Crippen LogP contribution >= 0.6 is 0 Å². The molecule has 6 nitrogen and oxygen atoms in total. The van der Waals surface area contributed by atoms with Crippen LogP contribution in [0.3, 0.4) is 0 Å². The number of hydrogen-bond acceptors (Lipinski definition) is 4. The maximum absolute atomic E-state index is 14.1. The molecule has 1 fully saturated rings. The van der Waals surface area contributed by atoms with Crippen LogP contribution in [0.4, 0.5) is 5.69 Å². The van der Waals surface area contributed by atoms with Crippen molar-refractivity contribution in [2.45, 2.75) is 50.1 Å². The highest BCUT2D eigenvalue weighted by Crippen LogP contribution is 2.46. The number of methoxy groups -OCH3 is 2. The first-order chi connectivity index (χ1) is 17.6. The summed E-state index contributed by atoms with van der Waals surface area (Å²) in [6, 6.07) is 22.3. The number of benzene rings is 3. The van der Waals surface area contributed by atoms with Crippen molar-refractivity contribution in [1.29, 1.82) is 0 Å². The third-order valence-corrected chi connectivity index (χ3v) is 7.42. The molecule has 0 aromatic heterocycles. The maximum Gasteiger partial charge on any atom is 0.254 e. The minimum absolute atomic E-state index is 0.00347. The molecule has 6 heteroatoms. The Kier molecular flexibility index (Phi) is 6.94. The lowest BCUT2D eigenvalue weighted by atomic mass is 9.77. The summed E-state index contributed by atoms with van der Waals surface area (Å²) >= 11 is 0. The van der Waals surface area contributed by atoms with Crippen LogP contribution in [-0.4, -0.2) is 37.0 Å². The smallest absolute Gasteiger partial charge is 0.254 e. The molecular formula is C30H32N2O4. The van der Waals surface area contributed by atoms with Crippen LogP contribution in [0.2, 0.25) is 0 Å². The molecular weight excluding hydrogens is 452 g/mol. The highest BCUT2D eigenvalue weighted by molar-refractivity contribution is 6.04. The highest BCUT2D eigenvalue weighted by atomic mass is 16.5. The van der Waals surface area contributed by atoms with Crippen LogP contribution in [0, 0.1) is 0 Å². The van der Waals surface area contributed by atoms with Crippen LogP contribution in [0.1, 0.15) is 65.5 Å². The van der Waals surface area contributed by atoms with Gasteiger partial charge in [-0.2, -0.15) is 0 Å². The summed E-state index contributed by atoms with van der Waals surface area (Å²) in [5.41, 5.74) is 2.95. The number of fused-ring (bicyclic) bond motifs is 1. The normalized spacial score (nSPS) is 19.9. The Morgan fingerprint density at radius 3 is 2.31 bits per heavy atom. The van der Waals surface area contributed by atoms with Crippen molar-refractivity contribution in [2.24, 2.45) is 0 Å². The SMILES string of the molecule is COc1ccc(C2C(C(=O)Nc3cccc(OC)c3)c3ccccc3C(=O)N2C2CCCCC2)cc1. The summed E-state index contributed by atoms with van der Waals surface area (Å²) < 4.78 is 10.7. The van der Waals surface area contributed by atoms with Crippen LogP contribution in [0.15, 0.2) is 72.8 Å². The standard InChI is InChI=1S/C30H32N2O4/c1-35-23-17-15-20(16-18-23)28-27(29(33)31-21-9-8-12-24(19-21)36-2)25-13-6-7-14-26(25)30(34)32(28)22-10-4-3-5-11-22/h6-9,12-19,22,27-28H,3-5,10-11H2,1-2H3,(H,31,33). The van der Waals surface area contributed by atoms with Crippen LogP contribution < -0.4 is 14.8 Å². The predicted octanol–water partition coefficient (Wildman–Crippen LogP) is 5.96. The van der Waals surface area contributed by atoms with E-state index in [-0.39, 0.29) is 17.9 Å². The molecule has 36 heavy (non-hydrogen) atoms. The summed E-state index contributed by atoms with van der Waals surface area (Å²) in [5, 5.41) is 3.11. The zero-order chi connectivity index (χ0) is 25.1.